The number of benzene rings is 2. The fourth-order valence-corrected chi connectivity index (χ4v) is 2.98. The Balaban J connectivity index is 0.00000225. The lowest BCUT2D eigenvalue weighted by atomic mass is 10.1. The Morgan fingerprint density at radius 3 is 2.68 bits per heavy atom. The van der Waals surface area contributed by atoms with Crippen LogP contribution in [-0.2, 0) is 17.6 Å². The van der Waals surface area contributed by atoms with Crippen LogP contribution in [0.3, 0.4) is 0 Å². The first-order valence-corrected chi connectivity index (χ1v) is 8.28. The summed E-state index contributed by atoms with van der Waals surface area (Å²) in [6.45, 7) is 2.68. The van der Waals surface area contributed by atoms with Crippen molar-refractivity contribution in [3.05, 3.63) is 71.4 Å². The minimum absolute atomic E-state index is 0. The van der Waals surface area contributed by atoms with Crippen molar-refractivity contribution >= 4 is 29.2 Å². The van der Waals surface area contributed by atoms with E-state index in [-0.39, 0.29) is 18.3 Å². The fraction of sp³-hybridized carbons (Fsp3) is 0.250. The van der Waals surface area contributed by atoms with Gasteiger partial charge in [0.05, 0.1) is 6.04 Å². The maximum absolute atomic E-state index is 12.1. The average molecular weight is 358 g/mol. The Bertz CT molecular complexity index is 829. The zero-order chi connectivity index (χ0) is 16.9. The third-order valence-electron chi connectivity index (χ3n) is 4.34. The van der Waals surface area contributed by atoms with Crippen molar-refractivity contribution in [1.82, 2.24) is 10.3 Å². The van der Waals surface area contributed by atoms with Gasteiger partial charge in [-0.15, -0.1) is 12.4 Å². The minimum Gasteiger partial charge on any atom is -0.361 e. The molecule has 0 unspecified atom stereocenters. The van der Waals surface area contributed by atoms with Crippen molar-refractivity contribution < 1.29 is 4.79 Å². The molecule has 1 aromatic heterocycles. The predicted octanol–water partition coefficient (Wildman–Crippen LogP) is 3.13. The summed E-state index contributed by atoms with van der Waals surface area (Å²) in [6.07, 6.45) is 3.36. The number of nitrogens with one attached hydrogen (secondary N) is 2. The van der Waals surface area contributed by atoms with Crippen LogP contribution in [0.25, 0.3) is 10.9 Å². The Morgan fingerprint density at radius 2 is 1.92 bits per heavy atom. The monoisotopic (exact) mass is 357 g/mol. The van der Waals surface area contributed by atoms with Crippen LogP contribution in [0.1, 0.15) is 16.7 Å². The van der Waals surface area contributed by atoms with Crippen LogP contribution < -0.4 is 11.1 Å². The molecule has 4 nitrogen and oxygen atoms in total. The van der Waals surface area contributed by atoms with E-state index in [1.54, 1.807) is 0 Å². The van der Waals surface area contributed by atoms with Crippen LogP contribution in [0.15, 0.2) is 54.7 Å². The lowest BCUT2D eigenvalue weighted by Crippen LogP contribution is -2.42. The Labute approximate surface area is 154 Å². The third-order valence-corrected chi connectivity index (χ3v) is 4.34. The number of nitrogens with two attached hydrogens (primary N) is 1. The van der Waals surface area contributed by atoms with Crippen LogP contribution in [0.4, 0.5) is 0 Å². The second-order valence-electron chi connectivity index (χ2n) is 6.15. The van der Waals surface area contributed by atoms with E-state index in [0.717, 1.165) is 12.0 Å². The summed E-state index contributed by atoms with van der Waals surface area (Å²) in [5.74, 6) is -0.102. The molecule has 4 N–H and O–H groups in total. The summed E-state index contributed by atoms with van der Waals surface area (Å²) in [5, 5.41) is 4.16. The quantitative estimate of drug-likeness (QED) is 0.634. The molecule has 0 radical (unpaired) electrons. The maximum Gasteiger partial charge on any atom is 0.237 e. The second-order valence-corrected chi connectivity index (χ2v) is 6.15. The first kappa shape index (κ1) is 19.0. The summed E-state index contributed by atoms with van der Waals surface area (Å²) in [4.78, 5) is 15.5. The topological polar surface area (TPSA) is 70.9 Å². The molecule has 2 aromatic carbocycles. The molecule has 0 aliphatic rings. The zero-order valence-corrected chi connectivity index (χ0v) is 15.1. The summed E-state index contributed by atoms with van der Waals surface area (Å²) >= 11 is 0. The number of hydrogen-bond donors (Lipinski definition) is 3. The van der Waals surface area contributed by atoms with Gasteiger partial charge in [-0.3, -0.25) is 4.79 Å². The van der Waals surface area contributed by atoms with E-state index in [4.69, 9.17) is 5.73 Å². The first-order valence-electron chi connectivity index (χ1n) is 8.28. The Hall–Kier alpha value is -2.30. The van der Waals surface area contributed by atoms with Gasteiger partial charge >= 0.3 is 0 Å². The number of halogens is 1. The molecule has 5 heteroatoms. The highest BCUT2D eigenvalue weighted by Gasteiger charge is 2.13. The van der Waals surface area contributed by atoms with Crippen LogP contribution in [0.5, 0.6) is 0 Å². The predicted molar refractivity (Wildman–Crippen MR) is 105 cm³/mol. The van der Waals surface area contributed by atoms with Gasteiger partial charge in [-0.1, -0.05) is 48.5 Å². The molecule has 3 aromatic rings. The van der Waals surface area contributed by atoms with Crippen molar-refractivity contribution in [3.8, 4) is 0 Å². The molecule has 3 rings (SSSR count). The lowest BCUT2D eigenvalue weighted by Gasteiger charge is -2.12. The molecule has 0 fully saturated rings. The number of aromatic amines is 1. The van der Waals surface area contributed by atoms with E-state index >= 15 is 0 Å². The van der Waals surface area contributed by atoms with Gasteiger partial charge in [0.2, 0.25) is 5.91 Å². The fourth-order valence-electron chi connectivity index (χ4n) is 2.98. The molecular formula is C20H24ClN3O. The highest BCUT2D eigenvalue weighted by Crippen LogP contribution is 2.21. The highest BCUT2D eigenvalue weighted by molar-refractivity contribution is 5.86. The zero-order valence-electron chi connectivity index (χ0n) is 14.3. The number of aromatic nitrogens is 1. The molecule has 1 amide bonds. The molecule has 25 heavy (non-hydrogen) atoms. The Morgan fingerprint density at radius 1 is 1.16 bits per heavy atom. The summed E-state index contributed by atoms with van der Waals surface area (Å²) in [5.41, 5.74) is 10.7. The van der Waals surface area contributed by atoms with Gasteiger partial charge in [-0.25, -0.2) is 0 Å². The van der Waals surface area contributed by atoms with Crippen LogP contribution >= 0.6 is 12.4 Å². The molecule has 1 atom stereocenters. The van der Waals surface area contributed by atoms with Crippen LogP contribution in [0, 0.1) is 6.92 Å². The number of carbonyl (C=O) groups is 1. The molecular weight excluding hydrogens is 334 g/mol. The van der Waals surface area contributed by atoms with Gasteiger partial charge in [0.15, 0.2) is 0 Å². The van der Waals surface area contributed by atoms with E-state index < -0.39 is 6.04 Å². The SMILES string of the molecule is Cc1cccc2c(CCNC(=O)[C@@H](N)Cc3ccccc3)c[nH]c12.Cl. The third kappa shape index (κ3) is 4.62. The van der Waals surface area contributed by atoms with E-state index in [9.17, 15) is 4.79 Å². The maximum atomic E-state index is 12.1. The van der Waals surface area contributed by atoms with Gasteiger partial charge in [-0.2, -0.15) is 0 Å². The second kappa shape index (κ2) is 8.70. The number of aryl methyl sites for hydroxylation is 1. The molecule has 132 valence electrons. The van der Waals surface area contributed by atoms with Gasteiger partial charge in [0, 0.05) is 23.6 Å². The van der Waals surface area contributed by atoms with Crippen molar-refractivity contribution in [1.29, 1.82) is 0 Å². The lowest BCUT2D eigenvalue weighted by molar-refractivity contribution is -0.122. The standard InChI is InChI=1S/C20H23N3O.ClH/c1-14-6-5-9-17-16(13-23-19(14)17)10-11-22-20(24)18(21)12-15-7-3-2-4-8-15;/h2-9,13,18,23H,10-12,21H2,1H3,(H,22,24);1H/t18-;/m0./s1. The van der Waals surface area contributed by atoms with E-state index in [1.165, 1.54) is 22.0 Å². The number of para-hydroxylation sites is 1. The van der Waals surface area contributed by atoms with Crippen LogP contribution in [-0.4, -0.2) is 23.5 Å². The van der Waals surface area contributed by atoms with Crippen molar-refractivity contribution in [2.45, 2.75) is 25.8 Å². The number of hydrogen-bond acceptors (Lipinski definition) is 2. The molecule has 0 bridgehead atoms. The van der Waals surface area contributed by atoms with Gasteiger partial charge in [-0.05, 0) is 36.5 Å². The number of fused-ring (bicyclic) bond motifs is 1. The van der Waals surface area contributed by atoms with E-state index in [2.05, 4.69) is 35.4 Å². The van der Waals surface area contributed by atoms with Crippen molar-refractivity contribution in [3.63, 3.8) is 0 Å². The number of amides is 1. The van der Waals surface area contributed by atoms with Crippen molar-refractivity contribution in [2.75, 3.05) is 6.54 Å². The normalized spacial score (nSPS) is 11.8. The van der Waals surface area contributed by atoms with Crippen molar-refractivity contribution in [2.24, 2.45) is 5.73 Å². The summed E-state index contributed by atoms with van der Waals surface area (Å²) in [6, 6.07) is 15.6. The van der Waals surface area contributed by atoms with E-state index in [1.807, 2.05) is 36.5 Å². The minimum atomic E-state index is -0.516. The highest BCUT2D eigenvalue weighted by atomic mass is 35.5. The average Bonchev–Trinajstić information content (AvgIpc) is 3.00. The van der Waals surface area contributed by atoms with Gasteiger partial charge in [0.1, 0.15) is 0 Å². The van der Waals surface area contributed by atoms with Gasteiger partial charge in [0.25, 0.3) is 0 Å². The van der Waals surface area contributed by atoms with Crippen LogP contribution in [0.2, 0.25) is 0 Å². The molecule has 0 saturated carbocycles. The number of rotatable bonds is 6. The first-order chi connectivity index (χ1) is 11.6. The molecule has 0 aliphatic heterocycles. The number of carbonyl (C=O) groups excluding carboxylic acids is 1. The smallest absolute Gasteiger partial charge is 0.237 e. The largest absolute Gasteiger partial charge is 0.361 e. The molecule has 1 heterocycles. The molecule has 0 saturated heterocycles. The summed E-state index contributed by atoms with van der Waals surface area (Å²) in [7, 11) is 0. The molecule has 0 aliphatic carbocycles. The summed E-state index contributed by atoms with van der Waals surface area (Å²) < 4.78 is 0. The molecule has 0 spiro atoms. The van der Waals surface area contributed by atoms with E-state index in [0.29, 0.717) is 13.0 Å². The van der Waals surface area contributed by atoms with Gasteiger partial charge < -0.3 is 16.0 Å². The number of H-pyrrole nitrogens is 1. The Kier molecular flexibility index (Phi) is 6.62.